The maximum absolute atomic E-state index is 13.5. The highest BCUT2D eigenvalue weighted by atomic mass is 35.5. The van der Waals surface area contributed by atoms with Crippen molar-refractivity contribution in [2.24, 2.45) is 22.9 Å². The average molecular weight is 784 g/mol. The fraction of sp³-hybridized carbons (Fsp3) is 0.444. The summed E-state index contributed by atoms with van der Waals surface area (Å²) in [4.78, 5) is 78.8. The van der Waals surface area contributed by atoms with Crippen molar-refractivity contribution in [3.05, 3.63) is 70.9 Å². The summed E-state index contributed by atoms with van der Waals surface area (Å²) in [6.07, 6.45) is 0.769. The van der Waals surface area contributed by atoms with E-state index >= 15 is 0 Å². The van der Waals surface area contributed by atoms with Gasteiger partial charge in [0.2, 0.25) is 29.5 Å². The second-order valence-electron chi connectivity index (χ2n) is 12.7. The van der Waals surface area contributed by atoms with E-state index in [9.17, 15) is 28.8 Å². The number of nitrogens with zero attached hydrogens (tertiary/aromatic N) is 2. The van der Waals surface area contributed by atoms with Gasteiger partial charge in [-0.1, -0.05) is 35.9 Å². The fourth-order valence-electron chi connectivity index (χ4n) is 5.25. The number of aryl methyl sites for hydroxylation is 1. The molecular formula is C36H50ClN11O7. The molecule has 0 unspecified atom stereocenters. The smallest absolute Gasteiger partial charge is 0.287 e. The van der Waals surface area contributed by atoms with E-state index < -0.39 is 65.7 Å². The first-order chi connectivity index (χ1) is 26.3. The van der Waals surface area contributed by atoms with Crippen molar-refractivity contribution in [2.75, 3.05) is 19.6 Å². The predicted molar refractivity (Wildman–Crippen MR) is 204 cm³/mol. The van der Waals surface area contributed by atoms with Gasteiger partial charge in [0.05, 0.1) is 0 Å². The van der Waals surface area contributed by atoms with Crippen molar-refractivity contribution in [2.45, 2.75) is 82.7 Å². The second kappa shape index (κ2) is 22.2. The summed E-state index contributed by atoms with van der Waals surface area (Å²) < 4.78 is 5.08. The van der Waals surface area contributed by atoms with Gasteiger partial charge in [-0.25, -0.2) is 0 Å². The third kappa shape index (κ3) is 13.8. The number of carbonyl (C=O) groups excluding carboxylic acids is 6. The number of hydrogen-bond donors (Lipinski definition) is 9. The standard InChI is InChI=1S/C36H50ClN11O7/c1-20(31(50)43-27(8-4-6-18-39)34(53)46-30(41)29(49)36-48-47-21(2)55-36)42-33(52)26(7-3-5-17-38)44-35(54)28(19-40)45-32(51)24-11-9-22(10-12-24)23-13-15-25(37)16-14-23/h9-16,20,26-28,30H,3-8,17-19,38-41H2,1-2H3,(H,42,52)(H,43,50)(H,44,54)(H,45,51)(H,46,53)/t20-,26-,27-,28-,30+/m0/s1. The number of carbonyl (C=O) groups is 6. The molecule has 19 heteroatoms. The van der Waals surface area contributed by atoms with E-state index in [1.165, 1.54) is 13.8 Å². The lowest BCUT2D eigenvalue weighted by atomic mass is 10.0. The van der Waals surface area contributed by atoms with Crippen LogP contribution >= 0.6 is 11.6 Å². The van der Waals surface area contributed by atoms with E-state index in [4.69, 9.17) is 39.0 Å². The van der Waals surface area contributed by atoms with Gasteiger partial charge in [0, 0.05) is 24.1 Å². The molecule has 298 valence electrons. The first-order valence-electron chi connectivity index (χ1n) is 17.9. The number of ketones is 1. The summed E-state index contributed by atoms with van der Waals surface area (Å²) in [6, 6.07) is 9.31. The van der Waals surface area contributed by atoms with E-state index in [1.54, 1.807) is 36.4 Å². The molecule has 0 fully saturated rings. The summed E-state index contributed by atoms with van der Waals surface area (Å²) in [5.41, 5.74) is 25.0. The van der Waals surface area contributed by atoms with Gasteiger partial charge < -0.3 is 53.9 Å². The van der Waals surface area contributed by atoms with Crippen LogP contribution in [0.15, 0.2) is 52.9 Å². The normalized spacial score (nSPS) is 13.7. The molecule has 55 heavy (non-hydrogen) atoms. The van der Waals surface area contributed by atoms with Crippen LogP contribution in [0.3, 0.4) is 0 Å². The number of nitrogens with two attached hydrogens (primary N) is 4. The SMILES string of the molecule is Cc1nnc(C(=O)[C@H](N)NC(=O)[C@H](CCCCN)NC(=O)[C@H](C)NC(=O)[C@H](CCCCN)NC(=O)[C@H](CN)NC(=O)c2ccc(-c3ccc(Cl)cc3)cc2)o1. The third-order valence-corrected chi connectivity index (χ3v) is 8.66. The highest BCUT2D eigenvalue weighted by molar-refractivity contribution is 6.30. The number of Topliss-reactive ketones (excluding diaryl/α,β-unsaturated/α-hetero) is 1. The largest absolute Gasteiger partial charge is 0.419 e. The zero-order chi connectivity index (χ0) is 40.5. The summed E-state index contributed by atoms with van der Waals surface area (Å²) >= 11 is 5.98. The van der Waals surface area contributed by atoms with Gasteiger partial charge in [-0.3, -0.25) is 28.8 Å². The molecule has 2 aromatic carbocycles. The Hall–Kier alpha value is -5.27. The van der Waals surface area contributed by atoms with Crippen LogP contribution in [0.2, 0.25) is 5.02 Å². The molecule has 0 aliphatic rings. The molecule has 3 aromatic rings. The summed E-state index contributed by atoms with van der Waals surface area (Å²) in [7, 11) is 0. The van der Waals surface area contributed by atoms with Gasteiger partial charge in [0.15, 0.2) is 0 Å². The molecule has 3 rings (SSSR count). The van der Waals surface area contributed by atoms with Crippen LogP contribution in [0.4, 0.5) is 0 Å². The Morgan fingerprint density at radius 3 is 1.69 bits per heavy atom. The molecule has 5 amide bonds. The molecule has 5 atom stereocenters. The minimum Gasteiger partial charge on any atom is -0.419 e. The number of benzene rings is 2. The van der Waals surface area contributed by atoms with Gasteiger partial charge in [-0.2, -0.15) is 0 Å². The second-order valence-corrected chi connectivity index (χ2v) is 13.2. The van der Waals surface area contributed by atoms with E-state index in [1.807, 2.05) is 12.1 Å². The van der Waals surface area contributed by atoms with Crippen LogP contribution in [0, 0.1) is 6.92 Å². The van der Waals surface area contributed by atoms with Crippen molar-refractivity contribution in [3.63, 3.8) is 0 Å². The molecule has 0 saturated heterocycles. The van der Waals surface area contributed by atoms with Gasteiger partial charge in [0.1, 0.15) is 30.3 Å². The maximum atomic E-state index is 13.5. The zero-order valence-electron chi connectivity index (χ0n) is 30.8. The highest BCUT2D eigenvalue weighted by Gasteiger charge is 2.31. The predicted octanol–water partition coefficient (Wildman–Crippen LogP) is -0.228. The molecule has 18 nitrogen and oxygen atoms in total. The highest BCUT2D eigenvalue weighted by Crippen LogP contribution is 2.22. The number of amides is 5. The van der Waals surface area contributed by atoms with E-state index in [2.05, 4.69) is 36.8 Å². The summed E-state index contributed by atoms with van der Waals surface area (Å²) in [5, 5.41) is 20.5. The van der Waals surface area contributed by atoms with Gasteiger partial charge >= 0.3 is 0 Å². The Kier molecular flexibility index (Phi) is 17.8. The zero-order valence-corrected chi connectivity index (χ0v) is 31.6. The molecule has 0 aliphatic carbocycles. The Labute approximate surface area is 323 Å². The van der Waals surface area contributed by atoms with Crippen molar-refractivity contribution >= 4 is 46.9 Å². The van der Waals surface area contributed by atoms with Crippen LogP contribution in [-0.2, 0) is 19.2 Å². The molecule has 0 spiro atoms. The quantitative estimate of drug-likeness (QED) is 0.0362. The first kappa shape index (κ1) is 44.1. The fourth-order valence-corrected chi connectivity index (χ4v) is 5.38. The number of unbranched alkanes of at least 4 members (excludes halogenated alkanes) is 2. The molecular weight excluding hydrogens is 734 g/mol. The number of rotatable bonds is 22. The molecule has 0 saturated carbocycles. The van der Waals surface area contributed by atoms with E-state index in [-0.39, 0.29) is 36.7 Å². The third-order valence-electron chi connectivity index (χ3n) is 8.41. The minimum absolute atomic E-state index is 0.130. The minimum atomic E-state index is -1.54. The molecule has 0 radical (unpaired) electrons. The first-order valence-corrected chi connectivity index (χ1v) is 18.2. The van der Waals surface area contributed by atoms with E-state index in [0.29, 0.717) is 43.8 Å². The lowest BCUT2D eigenvalue weighted by molar-refractivity contribution is -0.134. The topological polar surface area (TPSA) is 306 Å². The van der Waals surface area contributed by atoms with Gasteiger partial charge in [-0.05, 0) is 93.9 Å². The molecule has 1 aromatic heterocycles. The van der Waals surface area contributed by atoms with Crippen LogP contribution in [-0.4, -0.2) is 95.5 Å². The van der Waals surface area contributed by atoms with Crippen molar-refractivity contribution < 1.29 is 33.2 Å². The molecule has 1 heterocycles. The van der Waals surface area contributed by atoms with Crippen molar-refractivity contribution in [1.82, 2.24) is 36.8 Å². The lowest BCUT2D eigenvalue weighted by Gasteiger charge is -2.25. The Morgan fingerprint density at radius 1 is 0.673 bits per heavy atom. The number of aromatic nitrogens is 2. The maximum Gasteiger partial charge on any atom is 0.287 e. The molecule has 0 bridgehead atoms. The Bertz CT molecular complexity index is 1760. The van der Waals surface area contributed by atoms with Crippen molar-refractivity contribution in [1.29, 1.82) is 0 Å². The van der Waals surface area contributed by atoms with Crippen LogP contribution in [0.5, 0.6) is 0 Å². The Morgan fingerprint density at radius 2 is 1.18 bits per heavy atom. The van der Waals surface area contributed by atoms with Gasteiger partial charge in [-0.15, -0.1) is 10.2 Å². The number of nitrogens with one attached hydrogen (secondary N) is 5. The van der Waals surface area contributed by atoms with Gasteiger partial charge in [0.25, 0.3) is 17.6 Å². The molecule has 0 aliphatic heterocycles. The Balaban J connectivity index is 1.63. The summed E-state index contributed by atoms with van der Waals surface area (Å²) in [5.74, 6) is -4.54. The lowest BCUT2D eigenvalue weighted by Crippen LogP contribution is -2.59. The van der Waals surface area contributed by atoms with Crippen LogP contribution < -0.4 is 49.5 Å². The molecule has 13 N–H and O–H groups in total. The monoisotopic (exact) mass is 783 g/mol. The van der Waals surface area contributed by atoms with Crippen molar-refractivity contribution in [3.8, 4) is 11.1 Å². The average Bonchev–Trinajstić information content (AvgIpc) is 3.61. The number of halogens is 1. The van der Waals surface area contributed by atoms with Crippen LogP contribution in [0.25, 0.3) is 11.1 Å². The summed E-state index contributed by atoms with van der Waals surface area (Å²) in [6.45, 7) is 3.29. The number of hydrogen-bond acceptors (Lipinski definition) is 13. The van der Waals surface area contributed by atoms with Crippen LogP contribution in [0.1, 0.15) is 72.4 Å². The van der Waals surface area contributed by atoms with E-state index in [0.717, 1.165) is 11.1 Å².